The van der Waals surface area contributed by atoms with E-state index in [1.807, 2.05) is 81.4 Å². The summed E-state index contributed by atoms with van der Waals surface area (Å²) in [5, 5.41) is 17.1. The van der Waals surface area contributed by atoms with Crippen LogP contribution in [0, 0.1) is 5.92 Å². The fourth-order valence-electron chi connectivity index (χ4n) is 3.72. The van der Waals surface area contributed by atoms with Gasteiger partial charge in [0, 0.05) is 11.5 Å². The first-order valence-corrected chi connectivity index (χ1v) is 11.9. The van der Waals surface area contributed by atoms with E-state index in [0.717, 1.165) is 11.1 Å². The number of amides is 2. The highest BCUT2D eigenvalue weighted by Gasteiger charge is 2.31. The number of alkyl carbamates (subject to hydrolysis) is 1. The molecule has 0 saturated heterocycles. The van der Waals surface area contributed by atoms with Gasteiger partial charge in [-0.2, -0.15) is 0 Å². The highest BCUT2D eigenvalue weighted by molar-refractivity contribution is 5.79. The van der Waals surface area contributed by atoms with Gasteiger partial charge < -0.3 is 20.5 Å². The SMILES string of the molecule is CC(C)(C)NC(=O)[C@@H](Cc1ccccc1)C[C@@H](O)[C@H](Cc1ccccc1)NC(=O)OC(C)(C)C. The van der Waals surface area contributed by atoms with E-state index in [1.165, 1.54) is 0 Å². The van der Waals surface area contributed by atoms with Gasteiger partial charge in [0.05, 0.1) is 12.1 Å². The molecule has 0 heterocycles. The van der Waals surface area contributed by atoms with E-state index < -0.39 is 35.3 Å². The van der Waals surface area contributed by atoms with Crippen molar-refractivity contribution >= 4 is 12.0 Å². The minimum Gasteiger partial charge on any atom is -0.444 e. The van der Waals surface area contributed by atoms with Gasteiger partial charge in [-0.1, -0.05) is 60.7 Å². The largest absolute Gasteiger partial charge is 0.444 e. The number of carbonyl (C=O) groups is 2. The second-order valence-electron chi connectivity index (χ2n) is 10.9. The molecule has 2 rings (SSSR count). The summed E-state index contributed by atoms with van der Waals surface area (Å²) in [4.78, 5) is 25.7. The van der Waals surface area contributed by atoms with Crippen LogP contribution >= 0.6 is 0 Å². The number of hydrogen-bond donors (Lipinski definition) is 3. The topological polar surface area (TPSA) is 87.7 Å². The Bertz CT molecular complexity index is 901. The van der Waals surface area contributed by atoms with Crippen LogP contribution in [0.15, 0.2) is 60.7 Å². The van der Waals surface area contributed by atoms with Crippen LogP contribution < -0.4 is 10.6 Å². The van der Waals surface area contributed by atoms with Gasteiger partial charge in [-0.3, -0.25) is 4.79 Å². The molecule has 2 aromatic carbocycles. The number of aliphatic hydroxyl groups excluding tert-OH is 1. The Morgan fingerprint density at radius 3 is 1.82 bits per heavy atom. The van der Waals surface area contributed by atoms with Gasteiger partial charge in [-0.15, -0.1) is 0 Å². The van der Waals surface area contributed by atoms with Crippen LogP contribution in [-0.4, -0.2) is 40.4 Å². The third-order valence-electron chi connectivity index (χ3n) is 5.18. The van der Waals surface area contributed by atoms with E-state index in [2.05, 4.69) is 10.6 Å². The van der Waals surface area contributed by atoms with Crippen molar-refractivity contribution < 1.29 is 19.4 Å². The molecule has 0 saturated carbocycles. The summed E-state index contributed by atoms with van der Waals surface area (Å²) < 4.78 is 5.43. The molecule has 0 spiro atoms. The van der Waals surface area contributed by atoms with Crippen LogP contribution in [0.1, 0.15) is 59.1 Å². The predicted octanol–water partition coefficient (Wildman–Crippen LogP) is 4.65. The Morgan fingerprint density at radius 2 is 1.35 bits per heavy atom. The van der Waals surface area contributed by atoms with Crippen molar-refractivity contribution in [1.82, 2.24) is 10.6 Å². The smallest absolute Gasteiger partial charge is 0.407 e. The third kappa shape index (κ3) is 10.4. The predicted molar refractivity (Wildman–Crippen MR) is 135 cm³/mol. The Labute approximate surface area is 204 Å². The van der Waals surface area contributed by atoms with Crippen LogP contribution in [0.3, 0.4) is 0 Å². The summed E-state index contributed by atoms with van der Waals surface area (Å²) in [6.45, 7) is 11.2. The number of ether oxygens (including phenoxy) is 1. The first-order valence-electron chi connectivity index (χ1n) is 11.9. The van der Waals surface area contributed by atoms with E-state index in [1.54, 1.807) is 20.8 Å². The molecule has 2 aromatic rings. The average Bonchev–Trinajstić information content (AvgIpc) is 2.71. The Balaban J connectivity index is 2.23. The van der Waals surface area contributed by atoms with Crippen molar-refractivity contribution in [2.75, 3.05) is 0 Å². The molecule has 2 amide bonds. The Hall–Kier alpha value is -2.86. The molecule has 34 heavy (non-hydrogen) atoms. The number of hydrogen-bond acceptors (Lipinski definition) is 4. The Kier molecular flexibility index (Phi) is 9.68. The molecule has 6 nitrogen and oxygen atoms in total. The average molecular weight is 469 g/mol. The fourth-order valence-corrected chi connectivity index (χ4v) is 3.72. The molecule has 3 N–H and O–H groups in total. The maximum Gasteiger partial charge on any atom is 0.407 e. The number of rotatable bonds is 9. The molecule has 0 fully saturated rings. The van der Waals surface area contributed by atoms with Crippen molar-refractivity contribution in [2.45, 2.75) is 84.1 Å². The van der Waals surface area contributed by atoms with Crippen LogP contribution in [0.4, 0.5) is 4.79 Å². The minimum atomic E-state index is -0.952. The van der Waals surface area contributed by atoms with Gasteiger partial charge in [0.25, 0.3) is 0 Å². The summed E-state index contributed by atoms with van der Waals surface area (Å²) in [7, 11) is 0. The highest BCUT2D eigenvalue weighted by atomic mass is 16.6. The highest BCUT2D eigenvalue weighted by Crippen LogP contribution is 2.20. The summed E-state index contributed by atoms with van der Waals surface area (Å²) in [6.07, 6.45) is -0.437. The fraction of sp³-hybridized carbons (Fsp3) is 0.500. The van der Waals surface area contributed by atoms with Crippen molar-refractivity contribution in [2.24, 2.45) is 5.92 Å². The second kappa shape index (κ2) is 12.0. The molecule has 3 atom stereocenters. The van der Waals surface area contributed by atoms with E-state index in [-0.39, 0.29) is 12.3 Å². The zero-order valence-corrected chi connectivity index (χ0v) is 21.3. The van der Waals surface area contributed by atoms with Gasteiger partial charge in [0.1, 0.15) is 5.60 Å². The molecule has 0 bridgehead atoms. The first kappa shape index (κ1) is 27.4. The standard InChI is InChI=1S/C28H40N2O4/c1-27(2,3)30-25(32)22(17-20-13-9-7-10-14-20)19-24(31)23(18-21-15-11-8-12-16-21)29-26(33)34-28(4,5)6/h7-16,22-24,31H,17-19H2,1-6H3,(H,29,33)(H,30,32)/t22-,23-,24+/m0/s1. The number of aliphatic hydroxyl groups is 1. The van der Waals surface area contributed by atoms with Gasteiger partial charge in [-0.05, 0) is 71.9 Å². The molecule has 0 unspecified atom stereocenters. The molecule has 0 aliphatic heterocycles. The number of benzene rings is 2. The lowest BCUT2D eigenvalue weighted by molar-refractivity contribution is -0.127. The monoisotopic (exact) mass is 468 g/mol. The molecule has 0 aliphatic carbocycles. The number of nitrogens with one attached hydrogen (secondary N) is 2. The van der Waals surface area contributed by atoms with Gasteiger partial charge in [0.15, 0.2) is 0 Å². The van der Waals surface area contributed by atoms with Crippen LogP contribution in [0.5, 0.6) is 0 Å². The van der Waals surface area contributed by atoms with Crippen molar-refractivity contribution in [1.29, 1.82) is 0 Å². The minimum absolute atomic E-state index is 0.119. The quantitative estimate of drug-likeness (QED) is 0.500. The lowest BCUT2D eigenvalue weighted by Gasteiger charge is -2.30. The molecular formula is C28H40N2O4. The van der Waals surface area contributed by atoms with Crippen molar-refractivity contribution in [3.8, 4) is 0 Å². The molecular weight excluding hydrogens is 428 g/mol. The van der Waals surface area contributed by atoms with Crippen LogP contribution in [0.25, 0.3) is 0 Å². The van der Waals surface area contributed by atoms with Gasteiger partial charge in [-0.25, -0.2) is 4.79 Å². The van der Waals surface area contributed by atoms with E-state index in [9.17, 15) is 14.7 Å². The van der Waals surface area contributed by atoms with Crippen molar-refractivity contribution in [3.63, 3.8) is 0 Å². The molecule has 0 aromatic heterocycles. The zero-order valence-electron chi connectivity index (χ0n) is 21.3. The first-order chi connectivity index (χ1) is 15.8. The number of carbonyl (C=O) groups excluding carboxylic acids is 2. The zero-order chi connectivity index (χ0) is 25.4. The summed E-state index contributed by atoms with van der Waals surface area (Å²) >= 11 is 0. The molecule has 0 radical (unpaired) electrons. The van der Waals surface area contributed by atoms with Gasteiger partial charge >= 0.3 is 6.09 Å². The lowest BCUT2D eigenvalue weighted by atomic mass is 9.88. The Morgan fingerprint density at radius 1 is 0.853 bits per heavy atom. The maximum atomic E-state index is 13.2. The summed E-state index contributed by atoms with van der Waals surface area (Å²) in [5.41, 5.74) is 0.939. The molecule has 6 heteroatoms. The molecule has 186 valence electrons. The summed E-state index contributed by atoms with van der Waals surface area (Å²) in [5.74, 6) is -0.582. The normalized spacial score (nSPS) is 14.6. The molecule has 0 aliphatic rings. The maximum absolute atomic E-state index is 13.2. The van der Waals surface area contributed by atoms with E-state index >= 15 is 0 Å². The van der Waals surface area contributed by atoms with E-state index in [0.29, 0.717) is 12.8 Å². The lowest BCUT2D eigenvalue weighted by Crippen LogP contribution is -2.49. The second-order valence-corrected chi connectivity index (χ2v) is 10.9. The van der Waals surface area contributed by atoms with E-state index in [4.69, 9.17) is 4.74 Å². The van der Waals surface area contributed by atoms with Gasteiger partial charge in [0.2, 0.25) is 5.91 Å². The third-order valence-corrected chi connectivity index (χ3v) is 5.18. The van der Waals surface area contributed by atoms with Crippen LogP contribution in [-0.2, 0) is 22.4 Å². The van der Waals surface area contributed by atoms with Crippen molar-refractivity contribution in [3.05, 3.63) is 71.8 Å². The summed E-state index contributed by atoms with van der Waals surface area (Å²) in [6, 6.07) is 18.8. The van der Waals surface area contributed by atoms with Crippen LogP contribution in [0.2, 0.25) is 0 Å².